The Hall–Kier alpha value is -2.89. The zero-order valence-electron chi connectivity index (χ0n) is 16.6. The summed E-state index contributed by atoms with van der Waals surface area (Å²) in [5.41, 5.74) is 0.809. The molecule has 2 amide bonds. The summed E-state index contributed by atoms with van der Waals surface area (Å²) in [5, 5.41) is 0. The highest BCUT2D eigenvalue weighted by molar-refractivity contribution is 5.86. The van der Waals surface area contributed by atoms with E-state index in [0.717, 1.165) is 31.2 Å². The van der Waals surface area contributed by atoms with Gasteiger partial charge >= 0.3 is 0 Å². The molecule has 0 unspecified atom stereocenters. The molecule has 6 heteroatoms. The molecule has 2 aromatic rings. The van der Waals surface area contributed by atoms with Gasteiger partial charge in [-0.3, -0.25) is 9.59 Å². The van der Waals surface area contributed by atoms with Gasteiger partial charge in [0.1, 0.15) is 18.1 Å². The van der Waals surface area contributed by atoms with Gasteiger partial charge in [-0.25, -0.2) is 4.39 Å². The molecule has 1 fully saturated rings. The topological polar surface area (TPSA) is 53.8 Å². The largest absolute Gasteiger partial charge is 0.467 e. The van der Waals surface area contributed by atoms with Crippen LogP contribution in [-0.4, -0.2) is 34.7 Å². The van der Waals surface area contributed by atoms with Crippen LogP contribution in [0.3, 0.4) is 0 Å². The summed E-state index contributed by atoms with van der Waals surface area (Å²) in [4.78, 5) is 29.2. The number of furan rings is 1. The molecule has 0 radical (unpaired) electrons. The molecule has 1 aliphatic carbocycles. The lowest BCUT2D eigenvalue weighted by Gasteiger charge is -2.28. The average Bonchev–Trinajstić information content (AvgIpc) is 3.42. The second-order valence-electron chi connectivity index (χ2n) is 7.44. The maximum atomic E-state index is 13.2. The zero-order chi connectivity index (χ0) is 20.6. The third kappa shape index (κ3) is 5.79. The average molecular weight is 398 g/mol. The molecule has 1 aromatic heterocycles. The van der Waals surface area contributed by atoms with Crippen molar-refractivity contribution in [1.82, 2.24) is 9.80 Å². The summed E-state index contributed by atoms with van der Waals surface area (Å²) in [5.74, 6) is 0.169. The molecular weight excluding hydrogens is 371 g/mol. The molecule has 0 N–H and O–H groups in total. The number of carbonyl (C=O) groups is 2. The minimum Gasteiger partial charge on any atom is -0.467 e. The van der Waals surface area contributed by atoms with Gasteiger partial charge in [-0.15, -0.1) is 6.58 Å². The monoisotopic (exact) mass is 398 g/mol. The summed E-state index contributed by atoms with van der Waals surface area (Å²) in [6.45, 7) is 4.64. The van der Waals surface area contributed by atoms with Crippen molar-refractivity contribution in [3.8, 4) is 0 Å². The molecule has 0 saturated heterocycles. The van der Waals surface area contributed by atoms with Gasteiger partial charge in [-0.05, 0) is 42.7 Å². The summed E-state index contributed by atoms with van der Waals surface area (Å²) in [6, 6.07) is 9.63. The first kappa shape index (κ1) is 20.8. The molecule has 0 spiro atoms. The lowest BCUT2D eigenvalue weighted by atomic mass is 10.1. The Labute approximate surface area is 170 Å². The van der Waals surface area contributed by atoms with Crippen molar-refractivity contribution >= 4 is 11.8 Å². The van der Waals surface area contributed by atoms with E-state index in [9.17, 15) is 14.0 Å². The van der Waals surface area contributed by atoms with Gasteiger partial charge in [0.2, 0.25) is 11.8 Å². The summed E-state index contributed by atoms with van der Waals surface area (Å²) in [7, 11) is 0. The van der Waals surface area contributed by atoms with Crippen LogP contribution >= 0.6 is 0 Å². The van der Waals surface area contributed by atoms with Crippen molar-refractivity contribution < 1.29 is 18.4 Å². The van der Waals surface area contributed by atoms with Gasteiger partial charge in [-0.2, -0.15) is 0 Å². The summed E-state index contributed by atoms with van der Waals surface area (Å²) >= 11 is 0. The number of rotatable bonds is 9. The predicted octanol–water partition coefficient (Wildman–Crippen LogP) is 4.15. The van der Waals surface area contributed by atoms with Gasteiger partial charge < -0.3 is 14.2 Å². The highest BCUT2D eigenvalue weighted by Gasteiger charge is 2.29. The van der Waals surface area contributed by atoms with E-state index in [1.807, 2.05) is 0 Å². The highest BCUT2D eigenvalue weighted by atomic mass is 19.1. The Bertz CT molecular complexity index is 811. The molecule has 1 aliphatic rings. The second-order valence-corrected chi connectivity index (χ2v) is 7.44. The lowest BCUT2D eigenvalue weighted by molar-refractivity contribution is -0.143. The van der Waals surface area contributed by atoms with Crippen molar-refractivity contribution in [3.63, 3.8) is 0 Å². The molecule has 5 nitrogen and oxygen atoms in total. The summed E-state index contributed by atoms with van der Waals surface area (Å²) < 4.78 is 18.6. The second kappa shape index (κ2) is 10.0. The Balaban J connectivity index is 1.73. The first-order valence-electron chi connectivity index (χ1n) is 10.0. The summed E-state index contributed by atoms with van der Waals surface area (Å²) in [6.07, 6.45) is 7.09. The van der Waals surface area contributed by atoms with Crippen molar-refractivity contribution in [2.24, 2.45) is 5.92 Å². The molecule has 154 valence electrons. The number of benzene rings is 1. The van der Waals surface area contributed by atoms with E-state index < -0.39 is 0 Å². The molecule has 29 heavy (non-hydrogen) atoms. The van der Waals surface area contributed by atoms with Gasteiger partial charge in [0.15, 0.2) is 0 Å². The molecule has 0 atom stereocenters. The third-order valence-corrected chi connectivity index (χ3v) is 5.26. The number of hydrogen-bond donors (Lipinski definition) is 0. The fourth-order valence-corrected chi connectivity index (χ4v) is 3.72. The highest BCUT2D eigenvalue weighted by Crippen LogP contribution is 2.26. The molecule has 0 aliphatic heterocycles. The minimum atomic E-state index is -0.322. The van der Waals surface area contributed by atoms with Crippen LogP contribution in [0.2, 0.25) is 0 Å². The molecule has 1 aromatic carbocycles. The van der Waals surface area contributed by atoms with E-state index >= 15 is 0 Å². The number of amides is 2. The Morgan fingerprint density at radius 3 is 2.45 bits per heavy atom. The maximum absolute atomic E-state index is 13.2. The van der Waals surface area contributed by atoms with E-state index in [1.165, 1.54) is 12.1 Å². The van der Waals surface area contributed by atoms with Crippen LogP contribution in [0.5, 0.6) is 0 Å². The van der Waals surface area contributed by atoms with Crippen molar-refractivity contribution in [3.05, 3.63) is 72.5 Å². The van der Waals surface area contributed by atoms with Crippen molar-refractivity contribution in [2.75, 3.05) is 13.1 Å². The van der Waals surface area contributed by atoms with E-state index in [-0.39, 0.29) is 36.6 Å². The Morgan fingerprint density at radius 2 is 1.83 bits per heavy atom. The van der Waals surface area contributed by atoms with E-state index in [1.54, 1.807) is 46.4 Å². The van der Waals surface area contributed by atoms with Crippen molar-refractivity contribution in [2.45, 2.75) is 38.8 Å². The standard InChI is InChI=1S/C23H27FN2O3/c1-2-13-25(23(28)19-6-3-4-7-19)17-22(27)26(16-21-8-5-14-29-21)15-18-9-11-20(24)12-10-18/h2,5,8-12,14,19H,1,3-4,6-7,13,15-17H2. The normalized spacial score (nSPS) is 14.0. The molecule has 0 bridgehead atoms. The predicted molar refractivity (Wildman–Crippen MR) is 108 cm³/mol. The van der Waals surface area contributed by atoms with Crippen LogP contribution in [0.25, 0.3) is 0 Å². The number of nitrogens with zero attached hydrogens (tertiary/aromatic N) is 2. The Kier molecular flexibility index (Phi) is 7.22. The number of carbonyl (C=O) groups excluding carboxylic acids is 2. The molecule has 1 saturated carbocycles. The number of hydrogen-bond acceptors (Lipinski definition) is 3. The van der Waals surface area contributed by atoms with E-state index in [0.29, 0.717) is 18.8 Å². The van der Waals surface area contributed by atoms with Crippen LogP contribution in [0.15, 0.2) is 59.7 Å². The van der Waals surface area contributed by atoms with E-state index in [4.69, 9.17) is 4.42 Å². The number of halogens is 1. The first-order valence-corrected chi connectivity index (χ1v) is 10.0. The zero-order valence-corrected chi connectivity index (χ0v) is 16.6. The SMILES string of the molecule is C=CCN(CC(=O)N(Cc1ccc(F)cc1)Cc1ccco1)C(=O)C1CCCC1. The van der Waals surface area contributed by atoms with Crippen LogP contribution in [0.4, 0.5) is 4.39 Å². The smallest absolute Gasteiger partial charge is 0.242 e. The minimum absolute atomic E-state index is 0.00151. The quantitative estimate of drug-likeness (QED) is 0.596. The lowest BCUT2D eigenvalue weighted by Crippen LogP contribution is -2.44. The first-order chi connectivity index (χ1) is 14.1. The molecule has 3 rings (SSSR count). The van der Waals surface area contributed by atoms with Gasteiger partial charge in [0.05, 0.1) is 12.8 Å². The Morgan fingerprint density at radius 1 is 1.10 bits per heavy atom. The van der Waals surface area contributed by atoms with Gasteiger partial charge in [-0.1, -0.05) is 31.1 Å². The van der Waals surface area contributed by atoms with Crippen LogP contribution in [0.1, 0.15) is 37.0 Å². The van der Waals surface area contributed by atoms with Crippen LogP contribution < -0.4 is 0 Å². The van der Waals surface area contributed by atoms with Gasteiger partial charge in [0.25, 0.3) is 0 Å². The van der Waals surface area contributed by atoms with E-state index in [2.05, 4.69) is 6.58 Å². The van der Waals surface area contributed by atoms with Gasteiger partial charge in [0, 0.05) is 19.0 Å². The fourth-order valence-electron chi connectivity index (χ4n) is 3.72. The molecule has 1 heterocycles. The fraction of sp³-hybridized carbons (Fsp3) is 0.391. The molecular formula is C23H27FN2O3. The van der Waals surface area contributed by atoms with Crippen molar-refractivity contribution in [1.29, 1.82) is 0 Å². The van der Waals surface area contributed by atoms with Crippen LogP contribution in [0, 0.1) is 11.7 Å². The maximum Gasteiger partial charge on any atom is 0.242 e. The van der Waals surface area contributed by atoms with Crippen LogP contribution in [-0.2, 0) is 22.7 Å². The third-order valence-electron chi connectivity index (χ3n) is 5.26.